The summed E-state index contributed by atoms with van der Waals surface area (Å²) >= 11 is 0. The molecule has 0 aliphatic heterocycles. The standard InChI is InChI=1S/C20H14N2O5/c23-18(13-4-1-3-12(7-13)14-5-2-6-21-11-14)22-17-9-15(19(24)25)8-16(10-17)20(26)27/h1-11H,(H,22,23)(H,24,25)(H,26,27). The SMILES string of the molecule is O=C(O)c1cc(NC(=O)c2cccc(-c3cccnc3)c2)cc(C(=O)O)c1. The van der Waals surface area contributed by atoms with Crippen LogP contribution in [-0.4, -0.2) is 33.0 Å². The van der Waals surface area contributed by atoms with Crippen molar-refractivity contribution in [3.8, 4) is 11.1 Å². The van der Waals surface area contributed by atoms with E-state index >= 15 is 0 Å². The highest BCUT2D eigenvalue weighted by Gasteiger charge is 2.14. The fraction of sp³-hybridized carbons (Fsp3) is 0. The Morgan fingerprint density at radius 1 is 0.778 bits per heavy atom. The highest BCUT2D eigenvalue weighted by atomic mass is 16.4. The Balaban J connectivity index is 1.90. The molecule has 0 atom stereocenters. The van der Waals surface area contributed by atoms with Crippen molar-refractivity contribution in [3.63, 3.8) is 0 Å². The van der Waals surface area contributed by atoms with Crippen molar-refractivity contribution in [2.75, 3.05) is 5.32 Å². The molecule has 1 amide bonds. The lowest BCUT2D eigenvalue weighted by molar-refractivity contribution is 0.0696. The number of nitrogens with one attached hydrogen (secondary N) is 1. The smallest absolute Gasteiger partial charge is 0.335 e. The number of carboxylic acids is 2. The van der Waals surface area contributed by atoms with Gasteiger partial charge in [-0.05, 0) is 42.0 Å². The van der Waals surface area contributed by atoms with Gasteiger partial charge in [0.1, 0.15) is 0 Å². The Bertz CT molecular complexity index is 999. The van der Waals surface area contributed by atoms with E-state index in [0.29, 0.717) is 5.56 Å². The van der Waals surface area contributed by atoms with Crippen LogP contribution in [0.4, 0.5) is 5.69 Å². The van der Waals surface area contributed by atoms with Crippen LogP contribution >= 0.6 is 0 Å². The summed E-state index contributed by atoms with van der Waals surface area (Å²) < 4.78 is 0. The lowest BCUT2D eigenvalue weighted by atomic mass is 10.0. The lowest BCUT2D eigenvalue weighted by Gasteiger charge is -2.09. The minimum Gasteiger partial charge on any atom is -0.478 e. The molecule has 0 radical (unpaired) electrons. The van der Waals surface area contributed by atoms with Gasteiger partial charge in [-0.25, -0.2) is 9.59 Å². The molecule has 2 aromatic carbocycles. The molecule has 0 aliphatic rings. The average Bonchev–Trinajstić information content (AvgIpc) is 2.68. The average molecular weight is 362 g/mol. The van der Waals surface area contributed by atoms with Crippen LogP contribution in [0.15, 0.2) is 67.0 Å². The van der Waals surface area contributed by atoms with E-state index in [1.807, 2.05) is 12.1 Å². The van der Waals surface area contributed by atoms with Gasteiger partial charge in [0.05, 0.1) is 11.1 Å². The van der Waals surface area contributed by atoms with Crippen molar-refractivity contribution in [2.45, 2.75) is 0 Å². The zero-order valence-corrected chi connectivity index (χ0v) is 13.9. The number of rotatable bonds is 5. The van der Waals surface area contributed by atoms with Crippen LogP contribution in [0, 0.1) is 0 Å². The number of carbonyl (C=O) groups excluding carboxylic acids is 1. The number of nitrogens with zero attached hydrogens (tertiary/aromatic N) is 1. The summed E-state index contributed by atoms with van der Waals surface area (Å²) in [6, 6.07) is 13.9. The van der Waals surface area contributed by atoms with Gasteiger partial charge in [-0.15, -0.1) is 0 Å². The van der Waals surface area contributed by atoms with Gasteiger partial charge in [0.2, 0.25) is 0 Å². The number of anilines is 1. The van der Waals surface area contributed by atoms with Crippen molar-refractivity contribution < 1.29 is 24.6 Å². The molecule has 3 rings (SSSR count). The number of benzene rings is 2. The minimum absolute atomic E-state index is 0.0871. The van der Waals surface area contributed by atoms with E-state index in [0.717, 1.165) is 17.2 Å². The van der Waals surface area contributed by atoms with Crippen LogP contribution in [-0.2, 0) is 0 Å². The number of carbonyl (C=O) groups is 3. The molecule has 0 fully saturated rings. The van der Waals surface area contributed by atoms with Crippen LogP contribution in [0.25, 0.3) is 11.1 Å². The second-order valence-corrected chi connectivity index (χ2v) is 5.69. The molecule has 0 unspecified atom stereocenters. The van der Waals surface area contributed by atoms with Crippen LogP contribution in [0.2, 0.25) is 0 Å². The number of amides is 1. The molecule has 3 aromatic rings. The minimum atomic E-state index is -1.29. The van der Waals surface area contributed by atoms with E-state index in [9.17, 15) is 14.4 Å². The summed E-state index contributed by atoms with van der Waals surface area (Å²) in [5.41, 5.74) is 1.61. The predicted molar refractivity (Wildman–Crippen MR) is 98.0 cm³/mol. The Morgan fingerprint density at radius 3 is 2.04 bits per heavy atom. The summed E-state index contributed by atoms with van der Waals surface area (Å²) in [5.74, 6) is -3.06. The third-order valence-electron chi connectivity index (χ3n) is 3.80. The normalized spacial score (nSPS) is 10.2. The van der Waals surface area contributed by atoms with Crippen molar-refractivity contribution in [2.24, 2.45) is 0 Å². The summed E-state index contributed by atoms with van der Waals surface area (Å²) in [5, 5.41) is 20.8. The maximum Gasteiger partial charge on any atom is 0.335 e. The van der Waals surface area contributed by atoms with Crippen LogP contribution in [0.5, 0.6) is 0 Å². The molecule has 3 N–H and O–H groups in total. The first-order chi connectivity index (χ1) is 12.9. The quantitative estimate of drug-likeness (QED) is 0.640. The Labute approximate surface area is 153 Å². The van der Waals surface area contributed by atoms with Crippen molar-refractivity contribution in [1.29, 1.82) is 0 Å². The maximum absolute atomic E-state index is 12.5. The fourth-order valence-electron chi connectivity index (χ4n) is 2.52. The lowest BCUT2D eigenvalue weighted by Crippen LogP contribution is -2.13. The Kier molecular flexibility index (Phi) is 4.94. The fourth-order valence-corrected chi connectivity index (χ4v) is 2.52. The van der Waals surface area contributed by atoms with Crippen molar-refractivity contribution in [3.05, 3.63) is 83.7 Å². The van der Waals surface area contributed by atoms with Gasteiger partial charge < -0.3 is 15.5 Å². The highest BCUT2D eigenvalue weighted by molar-refractivity contribution is 6.06. The van der Waals surface area contributed by atoms with Crippen LogP contribution in [0.1, 0.15) is 31.1 Å². The van der Waals surface area contributed by atoms with Gasteiger partial charge in [0.25, 0.3) is 5.91 Å². The maximum atomic E-state index is 12.5. The van der Waals surface area contributed by atoms with Crippen molar-refractivity contribution in [1.82, 2.24) is 4.98 Å². The molecule has 0 saturated heterocycles. The number of hydrogen-bond donors (Lipinski definition) is 3. The molecule has 0 spiro atoms. The third kappa shape index (κ3) is 4.16. The zero-order valence-electron chi connectivity index (χ0n) is 13.9. The monoisotopic (exact) mass is 362 g/mol. The zero-order chi connectivity index (χ0) is 19.4. The van der Waals surface area contributed by atoms with Gasteiger partial charge in [0.15, 0.2) is 0 Å². The molecule has 7 heteroatoms. The van der Waals surface area contributed by atoms with Crippen LogP contribution in [0.3, 0.4) is 0 Å². The first-order valence-corrected chi connectivity index (χ1v) is 7.87. The number of aromatic carboxylic acids is 2. The Morgan fingerprint density at radius 2 is 1.44 bits per heavy atom. The molecule has 0 bridgehead atoms. The van der Waals surface area contributed by atoms with E-state index in [1.165, 1.54) is 12.1 Å². The van der Waals surface area contributed by atoms with Gasteiger partial charge in [-0.1, -0.05) is 18.2 Å². The predicted octanol–water partition coefficient (Wildman–Crippen LogP) is 3.40. The van der Waals surface area contributed by atoms with E-state index in [2.05, 4.69) is 10.3 Å². The highest BCUT2D eigenvalue weighted by Crippen LogP contribution is 2.21. The topological polar surface area (TPSA) is 117 Å². The molecule has 7 nitrogen and oxygen atoms in total. The van der Waals surface area contributed by atoms with Crippen LogP contribution < -0.4 is 5.32 Å². The summed E-state index contributed by atoms with van der Waals surface area (Å²) in [6.45, 7) is 0. The van der Waals surface area contributed by atoms with E-state index in [4.69, 9.17) is 10.2 Å². The van der Waals surface area contributed by atoms with E-state index in [-0.39, 0.29) is 16.8 Å². The molecule has 134 valence electrons. The van der Waals surface area contributed by atoms with Gasteiger partial charge in [-0.3, -0.25) is 9.78 Å². The number of aromatic nitrogens is 1. The number of hydrogen-bond acceptors (Lipinski definition) is 4. The van der Waals surface area contributed by atoms with E-state index < -0.39 is 17.8 Å². The molecule has 27 heavy (non-hydrogen) atoms. The molecule has 1 aromatic heterocycles. The first kappa shape index (κ1) is 17.8. The molecule has 0 saturated carbocycles. The number of carboxylic acid groups (broad SMARTS) is 2. The molecule has 0 aliphatic carbocycles. The Hall–Kier alpha value is -4.00. The summed E-state index contributed by atoms with van der Waals surface area (Å²) in [4.78, 5) is 38.9. The third-order valence-corrected chi connectivity index (χ3v) is 3.80. The second-order valence-electron chi connectivity index (χ2n) is 5.69. The second kappa shape index (κ2) is 7.49. The summed E-state index contributed by atoms with van der Waals surface area (Å²) in [6.07, 6.45) is 3.32. The molecular formula is C20H14N2O5. The molecule has 1 heterocycles. The number of pyridine rings is 1. The van der Waals surface area contributed by atoms with E-state index in [1.54, 1.807) is 36.7 Å². The van der Waals surface area contributed by atoms with Crippen molar-refractivity contribution >= 4 is 23.5 Å². The van der Waals surface area contributed by atoms with Gasteiger partial charge in [0, 0.05) is 29.2 Å². The summed E-state index contributed by atoms with van der Waals surface area (Å²) in [7, 11) is 0. The largest absolute Gasteiger partial charge is 0.478 e. The molecular weight excluding hydrogens is 348 g/mol. The van der Waals surface area contributed by atoms with Gasteiger partial charge >= 0.3 is 11.9 Å². The van der Waals surface area contributed by atoms with Gasteiger partial charge in [-0.2, -0.15) is 0 Å². The first-order valence-electron chi connectivity index (χ1n) is 7.87.